The predicted molar refractivity (Wildman–Crippen MR) is 82.8 cm³/mol. The molecule has 0 saturated heterocycles. The number of aromatic nitrogens is 2. The molecule has 5 nitrogen and oxygen atoms in total. The van der Waals surface area contributed by atoms with Crippen LogP contribution in [0.25, 0.3) is 11.4 Å². The second-order valence-corrected chi connectivity index (χ2v) is 5.25. The zero-order valence-electron chi connectivity index (χ0n) is 12.7. The second-order valence-electron chi connectivity index (χ2n) is 4.85. The van der Waals surface area contributed by atoms with Crippen LogP contribution in [0, 0.1) is 0 Å². The first-order chi connectivity index (χ1) is 11.9. The van der Waals surface area contributed by atoms with E-state index < -0.39 is 12.1 Å². The molecule has 0 saturated carbocycles. The number of ether oxygens (including phenoxy) is 2. The van der Waals surface area contributed by atoms with Crippen LogP contribution in [0.15, 0.2) is 47.0 Å². The molecule has 1 aromatic heterocycles. The summed E-state index contributed by atoms with van der Waals surface area (Å²) < 4.78 is 52.6. The van der Waals surface area contributed by atoms with Gasteiger partial charge in [-0.3, -0.25) is 0 Å². The molecular weight excluding hydrogens is 361 g/mol. The number of rotatable bonds is 4. The third-order valence-corrected chi connectivity index (χ3v) is 3.42. The Kier molecular flexibility index (Phi) is 4.54. The number of nitrogens with zero attached hydrogens (tertiary/aromatic N) is 2. The summed E-state index contributed by atoms with van der Waals surface area (Å²) in [6.07, 6.45) is -4.70. The molecule has 0 amide bonds. The molecule has 3 aromatic rings. The SMILES string of the molecule is COc1ccc(Oc2cccc(-c3noc(C(F)(F)F)n3)c2)c(Cl)c1. The number of methoxy groups -OCH3 is 1. The third kappa shape index (κ3) is 3.85. The molecule has 3 rings (SSSR count). The lowest BCUT2D eigenvalue weighted by Gasteiger charge is -2.09. The average Bonchev–Trinajstić information content (AvgIpc) is 3.07. The Hall–Kier alpha value is -2.74. The van der Waals surface area contributed by atoms with Crippen molar-refractivity contribution in [3.63, 3.8) is 0 Å². The molecule has 1 heterocycles. The van der Waals surface area contributed by atoms with Gasteiger partial charge in [0, 0.05) is 11.6 Å². The van der Waals surface area contributed by atoms with Crippen LogP contribution in [0.1, 0.15) is 5.89 Å². The number of hydrogen-bond acceptors (Lipinski definition) is 5. The van der Waals surface area contributed by atoms with Crippen molar-refractivity contribution in [1.82, 2.24) is 10.1 Å². The summed E-state index contributed by atoms with van der Waals surface area (Å²) in [5.41, 5.74) is 0.307. The van der Waals surface area contributed by atoms with Gasteiger partial charge in [-0.25, -0.2) is 0 Å². The molecule has 0 fully saturated rings. The normalized spacial score (nSPS) is 11.4. The van der Waals surface area contributed by atoms with Crippen molar-refractivity contribution in [1.29, 1.82) is 0 Å². The minimum atomic E-state index is -4.70. The summed E-state index contributed by atoms with van der Waals surface area (Å²) in [6, 6.07) is 11.1. The minimum absolute atomic E-state index is 0.196. The zero-order chi connectivity index (χ0) is 18.0. The van der Waals surface area contributed by atoms with Crippen molar-refractivity contribution in [3.05, 3.63) is 53.4 Å². The number of halogens is 4. The predicted octanol–water partition coefficient (Wildman–Crippen LogP) is 5.21. The van der Waals surface area contributed by atoms with Crippen LogP contribution in [0.2, 0.25) is 5.02 Å². The lowest BCUT2D eigenvalue weighted by molar-refractivity contribution is -0.159. The van der Waals surface area contributed by atoms with Crippen LogP contribution in [0.5, 0.6) is 17.2 Å². The van der Waals surface area contributed by atoms with E-state index in [1.807, 2.05) is 0 Å². The van der Waals surface area contributed by atoms with Gasteiger partial charge in [-0.05, 0) is 24.3 Å². The lowest BCUT2D eigenvalue weighted by Crippen LogP contribution is -2.04. The van der Waals surface area contributed by atoms with Gasteiger partial charge in [0.05, 0.1) is 12.1 Å². The van der Waals surface area contributed by atoms with E-state index in [4.69, 9.17) is 21.1 Å². The van der Waals surface area contributed by atoms with E-state index in [0.29, 0.717) is 27.8 Å². The molecule has 0 N–H and O–H groups in total. The first-order valence-corrected chi connectivity index (χ1v) is 7.27. The highest BCUT2D eigenvalue weighted by Gasteiger charge is 2.38. The first kappa shape index (κ1) is 17.1. The summed E-state index contributed by atoms with van der Waals surface area (Å²) in [5.74, 6) is -0.324. The quantitative estimate of drug-likeness (QED) is 0.631. The van der Waals surface area contributed by atoms with Crippen LogP contribution in [0.4, 0.5) is 13.2 Å². The van der Waals surface area contributed by atoms with E-state index in [-0.39, 0.29) is 5.82 Å². The first-order valence-electron chi connectivity index (χ1n) is 6.89. The van der Waals surface area contributed by atoms with Gasteiger partial charge in [0.1, 0.15) is 17.2 Å². The monoisotopic (exact) mass is 370 g/mol. The van der Waals surface area contributed by atoms with Gasteiger partial charge in [-0.2, -0.15) is 18.2 Å². The largest absolute Gasteiger partial charge is 0.497 e. The number of hydrogen-bond donors (Lipinski definition) is 0. The van der Waals surface area contributed by atoms with Gasteiger partial charge in [-0.15, -0.1) is 0 Å². The van der Waals surface area contributed by atoms with Gasteiger partial charge in [0.25, 0.3) is 0 Å². The van der Waals surface area contributed by atoms with Crippen molar-refractivity contribution in [2.75, 3.05) is 7.11 Å². The molecule has 0 bridgehead atoms. The fraction of sp³-hybridized carbons (Fsp3) is 0.125. The number of benzene rings is 2. The maximum absolute atomic E-state index is 12.5. The van der Waals surface area contributed by atoms with E-state index in [2.05, 4.69) is 14.7 Å². The van der Waals surface area contributed by atoms with Crippen LogP contribution < -0.4 is 9.47 Å². The summed E-state index contributed by atoms with van der Waals surface area (Å²) in [5, 5.41) is 3.66. The highest BCUT2D eigenvalue weighted by molar-refractivity contribution is 6.32. The van der Waals surface area contributed by atoms with Gasteiger partial charge in [-0.1, -0.05) is 28.9 Å². The zero-order valence-corrected chi connectivity index (χ0v) is 13.4. The summed E-state index contributed by atoms with van der Waals surface area (Å²) in [4.78, 5) is 3.34. The van der Waals surface area contributed by atoms with Crippen molar-refractivity contribution < 1.29 is 27.2 Å². The Bertz CT molecular complexity index is 896. The average molecular weight is 371 g/mol. The van der Waals surface area contributed by atoms with Crippen LogP contribution in [-0.2, 0) is 6.18 Å². The molecule has 25 heavy (non-hydrogen) atoms. The molecule has 0 atom stereocenters. The molecule has 0 aliphatic heterocycles. The molecule has 130 valence electrons. The van der Waals surface area contributed by atoms with E-state index in [9.17, 15) is 13.2 Å². The molecule has 0 unspecified atom stereocenters. The Morgan fingerprint density at radius 2 is 1.88 bits per heavy atom. The highest BCUT2D eigenvalue weighted by Crippen LogP contribution is 2.34. The summed E-state index contributed by atoms with van der Waals surface area (Å²) >= 11 is 6.10. The Balaban J connectivity index is 1.86. The van der Waals surface area contributed by atoms with Crippen molar-refractivity contribution in [3.8, 4) is 28.6 Å². The Labute approximate surface area is 144 Å². The third-order valence-electron chi connectivity index (χ3n) is 3.13. The van der Waals surface area contributed by atoms with Crippen LogP contribution >= 0.6 is 11.6 Å². The smallest absolute Gasteiger partial charge is 0.471 e. The molecule has 2 aromatic carbocycles. The van der Waals surface area contributed by atoms with Gasteiger partial charge >= 0.3 is 12.1 Å². The van der Waals surface area contributed by atoms with E-state index in [0.717, 1.165) is 0 Å². The standard InChI is InChI=1S/C16H10ClF3N2O3/c1-23-10-5-6-13(12(17)8-10)24-11-4-2-3-9(7-11)14-21-15(25-22-14)16(18,19)20/h2-8H,1H3. The number of alkyl halides is 3. The minimum Gasteiger partial charge on any atom is -0.497 e. The Morgan fingerprint density at radius 1 is 1.08 bits per heavy atom. The maximum Gasteiger partial charge on any atom is 0.471 e. The fourth-order valence-electron chi connectivity index (χ4n) is 1.97. The summed E-state index contributed by atoms with van der Waals surface area (Å²) in [7, 11) is 1.51. The van der Waals surface area contributed by atoms with Gasteiger partial charge in [0.15, 0.2) is 0 Å². The van der Waals surface area contributed by atoms with Crippen molar-refractivity contribution >= 4 is 11.6 Å². The van der Waals surface area contributed by atoms with E-state index in [1.54, 1.807) is 30.3 Å². The molecular formula is C16H10ClF3N2O3. The highest BCUT2D eigenvalue weighted by atomic mass is 35.5. The van der Waals surface area contributed by atoms with Crippen molar-refractivity contribution in [2.45, 2.75) is 6.18 Å². The molecule has 0 aliphatic rings. The van der Waals surface area contributed by atoms with E-state index in [1.165, 1.54) is 19.2 Å². The van der Waals surface area contributed by atoms with Crippen LogP contribution in [-0.4, -0.2) is 17.3 Å². The summed E-state index contributed by atoms with van der Waals surface area (Å²) in [6.45, 7) is 0. The molecule has 0 radical (unpaired) electrons. The topological polar surface area (TPSA) is 57.4 Å². The molecule has 0 spiro atoms. The second kappa shape index (κ2) is 6.64. The van der Waals surface area contributed by atoms with Crippen molar-refractivity contribution in [2.24, 2.45) is 0 Å². The molecule has 9 heteroatoms. The van der Waals surface area contributed by atoms with Gasteiger partial charge in [0.2, 0.25) is 5.82 Å². The maximum atomic E-state index is 12.5. The Morgan fingerprint density at radius 3 is 2.52 bits per heavy atom. The fourth-order valence-corrected chi connectivity index (χ4v) is 2.18. The molecule has 0 aliphatic carbocycles. The van der Waals surface area contributed by atoms with Crippen LogP contribution in [0.3, 0.4) is 0 Å². The van der Waals surface area contributed by atoms with E-state index >= 15 is 0 Å². The lowest BCUT2D eigenvalue weighted by atomic mass is 10.2. The van der Waals surface area contributed by atoms with Gasteiger partial charge < -0.3 is 14.0 Å².